The van der Waals surface area contributed by atoms with Crippen molar-refractivity contribution in [1.29, 1.82) is 0 Å². The molecule has 0 radical (unpaired) electrons. The number of hydrogen-bond acceptors (Lipinski definition) is 3. The maximum absolute atomic E-state index is 5.12. The molecule has 4 nitrogen and oxygen atoms in total. The molecule has 0 bridgehead atoms. The van der Waals surface area contributed by atoms with Gasteiger partial charge < -0.3 is 9.30 Å². The third-order valence-electron chi connectivity index (χ3n) is 3.60. The molecule has 1 aromatic heterocycles. The van der Waals surface area contributed by atoms with Crippen LogP contribution in [0, 0.1) is 0 Å². The van der Waals surface area contributed by atoms with Crippen LogP contribution in [0.3, 0.4) is 0 Å². The lowest BCUT2D eigenvalue weighted by atomic mass is 10.1. The summed E-state index contributed by atoms with van der Waals surface area (Å²) in [5, 5.41) is 8.33. The Balaban J connectivity index is 1.80. The van der Waals surface area contributed by atoms with Crippen LogP contribution in [0.5, 0.6) is 0 Å². The molecule has 0 unspecified atom stereocenters. The minimum absolute atomic E-state index is 0.460. The van der Waals surface area contributed by atoms with E-state index in [-0.39, 0.29) is 0 Å². The lowest BCUT2D eigenvalue weighted by molar-refractivity contribution is 0.186. The number of aromatic nitrogens is 3. The molecule has 4 heteroatoms. The van der Waals surface area contributed by atoms with Gasteiger partial charge >= 0.3 is 0 Å². The normalized spacial score (nSPS) is 14.9. The maximum Gasteiger partial charge on any atom is 0.136 e. The highest BCUT2D eigenvalue weighted by molar-refractivity contribution is 5.35. The molecule has 0 saturated heterocycles. The molecular weight excluding hydrogens is 226 g/mol. The first kappa shape index (κ1) is 11.4. The van der Waals surface area contributed by atoms with E-state index in [1.807, 2.05) is 0 Å². The zero-order chi connectivity index (χ0) is 12.4. The Hall–Kier alpha value is -1.68. The van der Waals surface area contributed by atoms with Gasteiger partial charge in [0.1, 0.15) is 12.2 Å². The molecule has 3 rings (SSSR count). The Kier molecular flexibility index (Phi) is 3.11. The van der Waals surface area contributed by atoms with Crippen LogP contribution in [0.2, 0.25) is 0 Å². The van der Waals surface area contributed by atoms with E-state index in [1.54, 1.807) is 13.4 Å². The van der Waals surface area contributed by atoms with Crippen LogP contribution in [0.15, 0.2) is 30.6 Å². The topological polar surface area (TPSA) is 39.9 Å². The highest BCUT2D eigenvalue weighted by atomic mass is 16.5. The summed E-state index contributed by atoms with van der Waals surface area (Å²) in [6.07, 6.45) is 3.95. The van der Waals surface area contributed by atoms with Gasteiger partial charge in [0.25, 0.3) is 0 Å². The molecule has 0 atom stereocenters. The van der Waals surface area contributed by atoms with Crippen molar-refractivity contribution in [3.05, 3.63) is 47.5 Å². The largest absolute Gasteiger partial charge is 0.383 e. The third-order valence-corrected chi connectivity index (χ3v) is 3.60. The molecule has 0 saturated carbocycles. The molecule has 0 aliphatic heterocycles. The number of hydrogen-bond donors (Lipinski definition) is 0. The monoisotopic (exact) mass is 243 g/mol. The van der Waals surface area contributed by atoms with E-state index in [4.69, 9.17) is 4.74 Å². The van der Waals surface area contributed by atoms with Gasteiger partial charge in [-0.15, -0.1) is 10.2 Å². The summed E-state index contributed by atoms with van der Waals surface area (Å²) in [5.74, 6) is 1.55. The molecule has 1 heterocycles. The van der Waals surface area contributed by atoms with Gasteiger partial charge in [0, 0.05) is 19.6 Å². The van der Waals surface area contributed by atoms with E-state index in [1.165, 1.54) is 11.1 Å². The average molecular weight is 243 g/mol. The van der Waals surface area contributed by atoms with Gasteiger partial charge in [0.15, 0.2) is 0 Å². The van der Waals surface area contributed by atoms with Crippen molar-refractivity contribution in [3.63, 3.8) is 0 Å². The molecule has 1 aliphatic rings. The molecule has 0 N–H and O–H groups in total. The Morgan fingerprint density at radius 1 is 1.28 bits per heavy atom. The van der Waals surface area contributed by atoms with Gasteiger partial charge in [-0.25, -0.2) is 0 Å². The van der Waals surface area contributed by atoms with Crippen LogP contribution in [0.4, 0.5) is 0 Å². The molecule has 1 aromatic carbocycles. The van der Waals surface area contributed by atoms with E-state index in [2.05, 4.69) is 39.0 Å². The first-order valence-electron chi connectivity index (χ1n) is 6.32. The Morgan fingerprint density at radius 2 is 2.00 bits per heavy atom. The van der Waals surface area contributed by atoms with Crippen LogP contribution in [-0.4, -0.2) is 28.5 Å². The zero-order valence-electron chi connectivity index (χ0n) is 10.5. The molecule has 2 aromatic rings. The lowest BCUT2D eigenvalue weighted by Crippen LogP contribution is -2.12. The molecule has 0 spiro atoms. The van der Waals surface area contributed by atoms with Gasteiger partial charge in [-0.05, 0) is 24.0 Å². The highest BCUT2D eigenvalue weighted by Gasteiger charge is 2.26. The highest BCUT2D eigenvalue weighted by Crippen LogP contribution is 2.32. The first-order chi connectivity index (χ1) is 8.88. The summed E-state index contributed by atoms with van der Waals surface area (Å²) in [7, 11) is 1.72. The van der Waals surface area contributed by atoms with Crippen molar-refractivity contribution in [3.8, 4) is 0 Å². The number of nitrogens with zero attached hydrogens (tertiary/aromatic N) is 3. The van der Waals surface area contributed by atoms with Crippen LogP contribution in [-0.2, 0) is 24.1 Å². The van der Waals surface area contributed by atoms with Crippen molar-refractivity contribution in [2.45, 2.75) is 25.3 Å². The minimum atomic E-state index is 0.460. The number of benzene rings is 1. The van der Waals surface area contributed by atoms with Crippen LogP contribution < -0.4 is 0 Å². The van der Waals surface area contributed by atoms with Crippen molar-refractivity contribution in [2.24, 2.45) is 0 Å². The van der Waals surface area contributed by atoms with Crippen molar-refractivity contribution in [2.75, 3.05) is 13.7 Å². The molecule has 18 heavy (non-hydrogen) atoms. The predicted octanol–water partition coefficient (Wildman–Crippen LogP) is 1.81. The smallest absolute Gasteiger partial charge is 0.136 e. The molecule has 0 amide bonds. The van der Waals surface area contributed by atoms with E-state index >= 15 is 0 Å². The van der Waals surface area contributed by atoms with Crippen molar-refractivity contribution in [1.82, 2.24) is 14.8 Å². The second-order valence-electron chi connectivity index (χ2n) is 4.75. The number of fused-ring (bicyclic) bond motifs is 1. The number of methoxy groups -OCH3 is 1. The van der Waals surface area contributed by atoms with Gasteiger partial charge in [0.05, 0.1) is 6.61 Å². The average Bonchev–Trinajstić information content (AvgIpc) is 3.01. The van der Waals surface area contributed by atoms with Gasteiger partial charge in [-0.2, -0.15) is 0 Å². The number of rotatable bonds is 4. The van der Waals surface area contributed by atoms with Crippen LogP contribution >= 0.6 is 0 Å². The summed E-state index contributed by atoms with van der Waals surface area (Å²) in [4.78, 5) is 0. The van der Waals surface area contributed by atoms with Crippen molar-refractivity contribution < 1.29 is 4.74 Å². The SMILES string of the molecule is COCCn1cnnc1C1Cc2ccccc2C1. The fraction of sp³-hybridized carbons (Fsp3) is 0.429. The summed E-state index contributed by atoms with van der Waals surface area (Å²) in [5.41, 5.74) is 2.90. The van der Waals surface area contributed by atoms with Gasteiger partial charge in [-0.1, -0.05) is 24.3 Å². The van der Waals surface area contributed by atoms with Gasteiger partial charge in [-0.3, -0.25) is 0 Å². The first-order valence-corrected chi connectivity index (χ1v) is 6.32. The molecule has 0 fully saturated rings. The summed E-state index contributed by atoms with van der Waals surface area (Å²) < 4.78 is 7.23. The zero-order valence-corrected chi connectivity index (χ0v) is 10.5. The Labute approximate surface area is 107 Å². The van der Waals surface area contributed by atoms with Crippen LogP contribution in [0.25, 0.3) is 0 Å². The van der Waals surface area contributed by atoms with E-state index in [0.29, 0.717) is 12.5 Å². The van der Waals surface area contributed by atoms with E-state index in [9.17, 15) is 0 Å². The second kappa shape index (κ2) is 4.90. The summed E-state index contributed by atoms with van der Waals surface area (Å²) >= 11 is 0. The lowest BCUT2D eigenvalue weighted by Gasteiger charge is -2.10. The van der Waals surface area contributed by atoms with E-state index < -0.39 is 0 Å². The molecule has 1 aliphatic carbocycles. The minimum Gasteiger partial charge on any atom is -0.383 e. The summed E-state index contributed by atoms with van der Waals surface area (Å²) in [6.45, 7) is 1.52. The Morgan fingerprint density at radius 3 is 2.67 bits per heavy atom. The van der Waals surface area contributed by atoms with Gasteiger partial charge in [0.2, 0.25) is 0 Å². The van der Waals surface area contributed by atoms with Crippen molar-refractivity contribution >= 4 is 0 Å². The number of ether oxygens (including phenoxy) is 1. The standard InChI is InChI=1S/C14H17N3O/c1-18-7-6-17-10-15-16-14(17)13-8-11-4-2-3-5-12(11)9-13/h2-5,10,13H,6-9H2,1H3. The van der Waals surface area contributed by atoms with Crippen LogP contribution in [0.1, 0.15) is 22.9 Å². The second-order valence-corrected chi connectivity index (χ2v) is 4.75. The maximum atomic E-state index is 5.12. The fourth-order valence-electron chi connectivity index (χ4n) is 2.68. The summed E-state index contributed by atoms with van der Waals surface area (Å²) in [6, 6.07) is 8.64. The molecule has 94 valence electrons. The predicted molar refractivity (Wildman–Crippen MR) is 68.5 cm³/mol. The third kappa shape index (κ3) is 2.04. The Bertz CT molecular complexity index is 510. The fourth-order valence-corrected chi connectivity index (χ4v) is 2.68. The van der Waals surface area contributed by atoms with E-state index in [0.717, 1.165) is 25.2 Å². The quantitative estimate of drug-likeness (QED) is 0.822. The molecular formula is C14H17N3O.